The highest BCUT2D eigenvalue weighted by molar-refractivity contribution is 6.31. The molecule has 116 valence electrons. The highest BCUT2D eigenvalue weighted by atomic mass is 35.5. The molecule has 1 saturated carbocycles. The zero-order valence-electron chi connectivity index (χ0n) is 12.2. The van der Waals surface area contributed by atoms with E-state index in [2.05, 4.69) is 10.4 Å². The minimum atomic E-state index is -0.196. The summed E-state index contributed by atoms with van der Waals surface area (Å²) in [4.78, 5) is 24.1. The molecular weight excluding hydrogens is 302 g/mol. The highest BCUT2D eigenvalue weighted by Gasteiger charge is 2.18. The first-order valence-electron chi connectivity index (χ1n) is 7.59. The van der Waals surface area contributed by atoms with Crippen molar-refractivity contribution in [2.75, 3.05) is 0 Å². The average Bonchev–Trinajstić information content (AvgIpc) is 3.13. The molecule has 6 heteroatoms. The van der Waals surface area contributed by atoms with Gasteiger partial charge in [0.05, 0.1) is 11.7 Å². The first-order chi connectivity index (χ1) is 10.6. The van der Waals surface area contributed by atoms with Crippen molar-refractivity contribution in [1.82, 2.24) is 15.1 Å². The second kappa shape index (κ2) is 6.48. The standard InChI is InChI=1S/C16H18ClN3O2/c17-12-6-5-11-10-18-20(14(11)9-12)16(22)8-7-15(21)19-13-3-1-2-4-13/h5-6,9-10,13H,1-4,7-8H2,(H,19,21). The van der Waals surface area contributed by atoms with Gasteiger partial charge in [-0.2, -0.15) is 5.10 Å². The van der Waals surface area contributed by atoms with E-state index < -0.39 is 0 Å². The van der Waals surface area contributed by atoms with Gasteiger partial charge in [-0.15, -0.1) is 0 Å². The van der Waals surface area contributed by atoms with Gasteiger partial charge < -0.3 is 5.32 Å². The molecular formula is C16H18ClN3O2. The fourth-order valence-electron chi connectivity index (χ4n) is 2.89. The van der Waals surface area contributed by atoms with Crippen LogP contribution in [0.2, 0.25) is 5.02 Å². The van der Waals surface area contributed by atoms with E-state index in [1.165, 1.54) is 17.5 Å². The molecule has 1 amide bonds. The molecule has 0 radical (unpaired) electrons. The molecule has 0 aliphatic heterocycles. The van der Waals surface area contributed by atoms with E-state index in [-0.39, 0.29) is 30.7 Å². The topological polar surface area (TPSA) is 64.0 Å². The van der Waals surface area contributed by atoms with Gasteiger partial charge in [0.1, 0.15) is 0 Å². The van der Waals surface area contributed by atoms with E-state index in [4.69, 9.17) is 11.6 Å². The van der Waals surface area contributed by atoms with Gasteiger partial charge in [0, 0.05) is 29.3 Å². The van der Waals surface area contributed by atoms with E-state index in [0.717, 1.165) is 18.2 Å². The Morgan fingerprint density at radius 1 is 1.27 bits per heavy atom. The van der Waals surface area contributed by atoms with Crippen LogP contribution in [0.1, 0.15) is 43.3 Å². The van der Waals surface area contributed by atoms with Gasteiger partial charge in [0.2, 0.25) is 11.8 Å². The van der Waals surface area contributed by atoms with Gasteiger partial charge in [-0.3, -0.25) is 9.59 Å². The lowest BCUT2D eigenvalue weighted by Crippen LogP contribution is -2.33. The summed E-state index contributed by atoms with van der Waals surface area (Å²) in [6.45, 7) is 0. The number of carbonyl (C=O) groups is 2. The normalized spacial score (nSPS) is 15.3. The molecule has 1 aromatic carbocycles. The molecule has 1 aromatic heterocycles. The van der Waals surface area contributed by atoms with Gasteiger partial charge in [-0.25, -0.2) is 4.68 Å². The van der Waals surface area contributed by atoms with Crippen molar-refractivity contribution < 1.29 is 9.59 Å². The molecule has 5 nitrogen and oxygen atoms in total. The van der Waals surface area contributed by atoms with Gasteiger partial charge in [-0.05, 0) is 31.0 Å². The number of nitrogens with zero attached hydrogens (tertiary/aromatic N) is 2. The molecule has 0 bridgehead atoms. The predicted octanol–water partition coefficient (Wildman–Crippen LogP) is 3.17. The molecule has 0 unspecified atom stereocenters. The average molecular weight is 320 g/mol. The van der Waals surface area contributed by atoms with Crippen LogP contribution in [0.5, 0.6) is 0 Å². The Bertz CT molecular complexity index is 704. The lowest BCUT2D eigenvalue weighted by Gasteiger charge is -2.11. The van der Waals surface area contributed by atoms with Crippen molar-refractivity contribution in [3.8, 4) is 0 Å². The van der Waals surface area contributed by atoms with Crippen LogP contribution < -0.4 is 5.32 Å². The number of nitrogens with one attached hydrogen (secondary N) is 1. The molecule has 2 aromatic rings. The lowest BCUT2D eigenvalue weighted by molar-refractivity contribution is -0.121. The summed E-state index contributed by atoms with van der Waals surface area (Å²) in [6.07, 6.45) is 6.39. The lowest BCUT2D eigenvalue weighted by atomic mass is 10.2. The van der Waals surface area contributed by atoms with Crippen molar-refractivity contribution >= 4 is 34.3 Å². The quantitative estimate of drug-likeness (QED) is 0.941. The Kier molecular flexibility index (Phi) is 4.43. The number of benzene rings is 1. The Morgan fingerprint density at radius 3 is 2.82 bits per heavy atom. The molecule has 1 fully saturated rings. The van der Waals surface area contributed by atoms with Crippen molar-refractivity contribution in [1.29, 1.82) is 0 Å². The first kappa shape index (κ1) is 15.0. The summed E-state index contributed by atoms with van der Waals surface area (Å²) in [5, 5.41) is 8.49. The SMILES string of the molecule is O=C(CCC(=O)n1ncc2ccc(Cl)cc21)NC1CCCC1. The largest absolute Gasteiger partial charge is 0.353 e. The third-order valence-electron chi connectivity index (χ3n) is 4.06. The minimum absolute atomic E-state index is 0.0604. The predicted molar refractivity (Wildman–Crippen MR) is 85.0 cm³/mol. The maximum atomic E-state index is 12.3. The second-order valence-corrected chi connectivity index (χ2v) is 6.14. The van der Waals surface area contributed by atoms with Crippen LogP contribution in [0.15, 0.2) is 24.4 Å². The molecule has 1 aliphatic carbocycles. The third-order valence-corrected chi connectivity index (χ3v) is 4.29. The second-order valence-electron chi connectivity index (χ2n) is 5.70. The van der Waals surface area contributed by atoms with E-state index in [1.807, 2.05) is 6.07 Å². The molecule has 0 spiro atoms. The van der Waals surface area contributed by atoms with Crippen LogP contribution in [0.4, 0.5) is 0 Å². The highest BCUT2D eigenvalue weighted by Crippen LogP contribution is 2.20. The third kappa shape index (κ3) is 3.30. The summed E-state index contributed by atoms with van der Waals surface area (Å²) >= 11 is 5.96. The number of hydrogen-bond donors (Lipinski definition) is 1. The van der Waals surface area contributed by atoms with Gasteiger partial charge in [0.15, 0.2) is 0 Å². The first-order valence-corrected chi connectivity index (χ1v) is 7.97. The number of aromatic nitrogens is 2. The van der Waals surface area contributed by atoms with E-state index in [9.17, 15) is 9.59 Å². The maximum Gasteiger partial charge on any atom is 0.247 e. The van der Waals surface area contributed by atoms with Crippen molar-refractivity contribution in [3.05, 3.63) is 29.4 Å². The summed E-state index contributed by atoms with van der Waals surface area (Å²) in [6, 6.07) is 5.57. The summed E-state index contributed by atoms with van der Waals surface area (Å²) < 4.78 is 1.32. The fraction of sp³-hybridized carbons (Fsp3) is 0.438. The fourth-order valence-corrected chi connectivity index (χ4v) is 3.05. The van der Waals surface area contributed by atoms with Crippen LogP contribution in [-0.4, -0.2) is 27.6 Å². The molecule has 3 rings (SSSR count). The molecule has 1 aliphatic rings. The number of fused-ring (bicyclic) bond motifs is 1. The molecule has 22 heavy (non-hydrogen) atoms. The van der Waals surface area contributed by atoms with Gasteiger partial charge in [0.25, 0.3) is 0 Å². The molecule has 1 N–H and O–H groups in total. The summed E-state index contributed by atoms with van der Waals surface area (Å²) in [7, 11) is 0. The number of rotatable bonds is 4. The van der Waals surface area contributed by atoms with Gasteiger partial charge >= 0.3 is 0 Å². The van der Waals surface area contributed by atoms with Crippen LogP contribution in [0.3, 0.4) is 0 Å². The van der Waals surface area contributed by atoms with Crippen molar-refractivity contribution in [3.63, 3.8) is 0 Å². The van der Waals surface area contributed by atoms with Crippen LogP contribution in [-0.2, 0) is 4.79 Å². The van der Waals surface area contributed by atoms with E-state index >= 15 is 0 Å². The molecule has 0 atom stereocenters. The number of halogens is 1. The van der Waals surface area contributed by atoms with E-state index in [0.29, 0.717) is 10.5 Å². The summed E-state index contributed by atoms with van der Waals surface area (Å²) in [5.74, 6) is -0.256. The number of hydrogen-bond acceptors (Lipinski definition) is 3. The monoisotopic (exact) mass is 319 g/mol. The van der Waals surface area contributed by atoms with Crippen molar-refractivity contribution in [2.24, 2.45) is 0 Å². The zero-order chi connectivity index (χ0) is 15.5. The van der Waals surface area contributed by atoms with Crippen molar-refractivity contribution in [2.45, 2.75) is 44.6 Å². The Hall–Kier alpha value is -1.88. The van der Waals surface area contributed by atoms with E-state index in [1.54, 1.807) is 18.3 Å². The summed E-state index contributed by atoms with van der Waals surface area (Å²) in [5.41, 5.74) is 0.675. The minimum Gasteiger partial charge on any atom is -0.353 e. The number of amides is 1. The Morgan fingerprint density at radius 2 is 2.05 bits per heavy atom. The maximum absolute atomic E-state index is 12.3. The molecule has 0 saturated heterocycles. The van der Waals surface area contributed by atoms with Crippen LogP contribution in [0.25, 0.3) is 10.9 Å². The number of carbonyl (C=O) groups excluding carboxylic acids is 2. The van der Waals surface area contributed by atoms with Crippen LogP contribution >= 0.6 is 11.6 Å². The smallest absolute Gasteiger partial charge is 0.247 e. The Balaban J connectivity index is 1.61. The zero-order valence-corrected chi connectivity index (χ0v) is 13.0. The Labute approximate surface area is 133 Å². The van der Waals surface area contributed by atoms with Crippen LogP contribution in [0, 0.1) is 0 Å². The molecule has 1 heterocycles. The van der Waals surface area contributed by atoms with Gasteiger partial charge in [-0.1, -0.05) is 24.4 Å².